The molecule has 5 nitrogen and oxygen atoms in total. The van der Waals surface area contributed by atoms with E-state index in [-0.39, 0.29) is 11.6 Å². The van der Waals surface area contributed by atoms with E-state index in [9.17, 15) is 4.79 Å². The summed E-state index contributed by atoms with van der Waals surface area (Å²) < 4.78 is 7.00. The summed E-state index contributed by atoms with van der Waals surface area (Å²) in [5.41, 5.74) is 0.560. The number of aromatic amines is 1. The Bertz CT molecular complexity index is 537. The number of ether oxygens (including phenoxy) is 1. The number of nitrogens with zero attached hydrogens (tertiary/aromatic N) is 2. The smallest absolute Gasteiger partial charge is 0.276 e. The highest BCUT2D eigenvalue weighted by Gasteiger charge is 2.19. The number of H-pyrrole nitrogens is 1. The molecule has 2 aromatic heterocycles. The molecule has 1 saturated heterocycles. The van der Waals surface area contributed by atoms with Crippen molar-refractivity contribution in [3.8, 4) is 0 Å². The highest BCUT2D eigenvalue weighted by atomic mass is 16.5. The minimum absolute atomic E-state index is 0.0134. The maximum Gasteiger partial charge on any atom is 0.276 e. The monoisotopic (exact) mass is 205 g/mol. The summed E-state index contributed by atoms with van der Waals surface area (Å²) in [5, 5.41) is 7.44. The van der Waals surface area contributed by atoms with Gasteiger partial charge in [-0.1, -0.05) is 0 Å². The van der Waals surface area contributed by atoms with E-state index in [1.807, 2.05) is 12.3 Å². The van der Waals surface area contributed by atoms with Crippen molar-refractivity contribution >= 4 is 10.9 Å². The van der Waals surface area contributed by atoms with Crippen molar-refractivity contribution in [2.24, 2.45) is 0 Å². The van der Waals surface area contributed by atoms with Gasteiger partial charge in [0, 0.05) is 18.2 Å². The molecular formula is C10H11N3O2. The van der Waals surface area contributed by atoms with Gasteiger partial charge in [0.15, 0.2) is 0 Å². The van der Waals surface area contributed by atoms with Gasteiger partial charge in [0.05, 0.1) is 18.8 Å². The number of hydrogen-bond donors (Lipinski definition) is 1. The highest BCUT2D eigenvalue weighted by molar-refractivity contribution is 5.76. The second kappa shape index (κ2) is 3.20. The van der Waals surface area contributed by atoms with Gasteiger partial charge in [0.2, 0.25) is 0 Å². The standard InChI is InChI=1S/C10H11N3O2/c14-10-9-7(5-11-12-9)1-3-13(10)8-2-4-15-6-8/h1,3,5,8H,2,4,6H2,(H,11,12)/t8-/m1/s1. The van der Waals surface area contributed by atoms with E-state index >= 15 is 0 Å². The fourth-order valence-electron chi connectivity index (χ4n) is 1.98. The van der Waals surface area contributed by atoms with Crippen LogP contribution in [0.15, 0.2) is 23.3 Å². The lowest BCUT2D eigenvalue weighted by Gasteiger charge is -2.11. The first-order valence-corrected chi connectivity index (χ1v) is 4.98. The average Bonchev–Trinajstić information content (AvgIpc) is 2.87. The van der Waals surface area contributed by atoms with Crippen molar-refractivity contribution in [2.75, 3.05) is 13.2 Å². The third-order valence-electron chi connectivity index (χ3n) is 2.83. The normalized spacial score (nSPS) is 21.2. The molecule has 1 fully saturated rings. The molecule has 5 heteroatoms. The van der Waals surface area contributed by atoms with E-state index in [4.69, 9.17) is 4.74 Å². The molecule has 1 aliphatic rings. The summed E-state index contributed by atoms with van der Waals surface area (Å²) in [6.07, 6.45) is 4.38. The Morgan fingerprint density at radius 1 is 1.60 bits per heavy atom. The van der Waals surface area contributed by atoms with E-state index in [0.717, 1.165) is 18.4 Å². The Morgan fingerprint density at radius 2 is 2.53 bits per heavy atom. The molecule has 0 radical (unpaired) electrons. The number of pyridine rings is 1. The third-order valence-corrected chi connectivity index (χ3v) is 2.83. The van der Waals surface area contributed by atoms with Gasteiger partial charge in [-0.3, -0.25) is 9.89 Å². The van der Waals surface area contributed by atoms with E-state index in [0.29, 0.717) is 12.1 Å². The Morgan fingerprint density at radius 3 is 3.33 bits per heavy atom. The van der Waals surface area contributed by atoms with Crippen LogP contribution in [0.3, 0.4) is 0 Å². The van der Waals surface area contributed by atoms with E-state index in [2.05, 4.69) is 10.2 Å². The summed E-state index contributed by atoms with van der Waals surface area (Å²) in [5.74, 6) is 0. The Labute approximate surface area is 85.7 Å². The second-order valence-electron chi connectivity index (χ2n) is 3.75. The first kappa shape index (κ1) is 8.67. The summed E-state index contributed by atoms with van der Waals surface area (Å²) in [4.78, 5) is 12.0. The predicted molar refractivity (Wildman–Crippen MR) is 54.8 cm³/mol. The van der Waals surface area contributed by atoms with Crippen LogP contribution in [0.4, 0.5) is 0 Å². The summed E-state index contributed by atoms with van der Waals surface area (Å²) in [6.45, 7) is 1.36. The zero-order valence-corrected chi connectivity index (χ0v) is 8.14. The SMILES string of the molecule is O=c1c2[nH]ncc2ccn1[C@@H]1CCOC1. The number of aromatic nitrogens is 3. The topological polar surface area (TPSA) is 59.9 Å². The number of rotatable bonds is 1. The lowest BCUT2D eigenvalue weighted by atomic mass is 10.2. The van der Waals surface area contributed by atoms with E-state index in [1.165, 1.54) is 0 Å². The quantitative estimate of drug-likeness (QED) is 0.745. The molecule has 0 amide bonds. The number of nitrogens with one attached hydrogen (secondary N) is 1. The fourth-order valence-corrected chi connectivity index (χ4v) is 1.98. The molecule has 0 bridgehead atoms. The molecule has 0 aliphatic carbocycles. The predicted octanol–water partition coefficient (Wildman–Crippen LogP) is 0.686. The lowest BCUT2D eigenvalue weighted by Crippen LogP contribution is -2.24. The van der Waals surface area contributed by atoms with Crippen LogP contribution in [0.25, 0.3) is 10.9 Å². The summed E-state index contributed by atoms with van der Waals surface area (Å²) >= 11 is 0. The van der Waals surface area contributed by atoms with Crippen LogP contribution in [0.2, 0.25) is 0 Å². The minimum atomic E-state index is -0.0134. The zero-order valence-electron chi connectivity index (χ0n) is 8.14. The van der Waals surface area contributed by atoms with Crippen molar-refractivity contribution in [1.29, 1.82) is 0 Å². The molecule has 1 aliphatic heterocycles. The van der Waals surface area contributed by atoms with E-state index < -0.39 is 0 Å². The van der Waals surface area contributed by atoms with Crippen molar-refractivity contribution in [3.63, 3.8) is 0 Å². The minimum Gasteiger partial charge on any atom is -0.379 e. The van der Waals surface area contributed by atoms with Crippen LogP contribution in [0.5, 0.6) is 0 Å². The molecule has 2 aromatic rings. The second-order valence-corrected chi connectivity index (χ2v) is 3.75. The van der Waals surface area contributed by atoms with Crippen LogP contribution in [-0.2, 0) is 4.74 Å². The van der Waals surface area contributed by atoms with Gasteiger partial charge in [-0.2, -0.15) is 5.10 Å². The average molecular weight is 205 g/mol. The molecule has 3 heterocycles. The molecule has 0 aromatic carbocycles. The molecule has 1 N–H and O–H groups in total. The van der Waals surface area contributed by atoms with Gasteiger partial charge in [-0.25, -0.2) is 0 Å². The molecular weight excluding hydrogens is 194 g/mol. The molecule has 3 rings (SSSR count). The van der Waals surface area contributed by atoms with Crippen molar-refractivity contribution in [3.05, 3.63) is 28.8 Å². The molecule has 0 spiro atoms. The number of hydrogen-bond acceptors (Lipinski definition) is 3. The zero-order chi connectivity index (χ0) is 10.3. The van der Waals surface area contributed by atoms with Gasteiger partial charge < -0.3 is 9.30 Å². The van der Waals surface area contributed by atoms with Gasteiger partial charge >= 0.3 is 0 Å². The third kappa shape index (κ3) is 1.27. The first-order valence-electron chi connectivity index (χ1n) is 4.98. The maximum atomic E-state index is 12.0. The Balaban J connectivity index is 2.18. The summed E-state index contributed by atoms with van der Waals surface area (Å²) in [7, 11) is 0. The molecule has 1 atom stereocenters. The van der Waals surface area contributed by atoms with Crippen LogP contribution < -0.4 is 5.56 Å². The van der Waals surface area contributed by atoms with Crippen LogP contribution in [0, 0.1) is 0 Å². The van der Waals surface area contributed by atoms with Crippen LogP contribution in [-0.4, -0.2) is 28.0 Å². The molecule has 15 heavy (non-hydrogen) atoms. The largest absolute Gasteiger partial charge is 0.379 e. The van der Waals surface area contributed by atoms with Crippen molar-refractivity contribution in [1.82, 2.24) is 14.8 Å². The van der Waals surface area contributed by atoms with Crippen LogP contribution in [0.1, 0.15) is 12.5 Å². The maximum absolute atomic E-state index is 12.0. The van der Waals surface area contributed by atoms with Crippen molar-refractivity contribution < 1.29 is 4.74 Å². The van der Waals surface area contributed by atoms with Gasteiger partial charge in [-0.15, -0.1) is 0 Å². The Hall–Kier alpha value is -1.62. The fraction of sp³-hybridized carbons (Fsp3) is 0.400. The Kier molecular flexibility index (Phi) is 1.85. The molecule has 78 valence electrons. The lowest BCUT2D eigenvalue weighted by molar-refractivity contribution is 0.186. The first-order chi connectivity index (χ1) is 7.36. The van der Waals surface area contributed by atoms with Gasteiger partial charge in [0.1, 0.15) is 5.52 Å². The molecule has 0 saturated carbocycles. The molecule has 0 unspecified atom stereocenters. The highest BCUT2D eigenvalue weighted by Crippen LogP contribution is 2.17. The van der Waals surface area contributed by atoms with Gasteiger partial charge in [0.25, 0.3) is 5.56 Å². The number of fused-ring (bicyclic) bond motifs is 1. The van der Waals surface area contributed by atoms with E-state index in [1.54, 1.807) is 10.8 Å². The van der Waals surface area contributed by atoms with Gasteiger partial charge in [-0.05, 0) is 12.5 Å². The van der Waals surface area contributed by atoms with Crippen LogP contribution >= 0.6 is 0 Å². The summed E-state index contributed by atoms with van der Waals surface area (Å²) in [6, 6.07) is 2.07. The van der Waals surface area contributed by atoms with Crippen molar-refractivity contribution in [2.45, 2.75) is 12.5 Å².